The summed E-state index contributed by atoms with van der Waals surface area (Å²) in [6.07, 6.45) is 1.91. The molecule has 0 aliphatic rings. The third-order valence-electron chi connectivity index (χ3n) is 3.62. The van der Waals surface area contributed by atoms with E-state index >= 15 is 0 Å². The van der Waals surface area contributed by atoms with E-state index in [0.717, 1.165) is 36.5 Å². The zero-order valence-corrected chi connectivity index (χ0v) is 13.2. The Morgan fingerprint density at radius 2 is 1.95 bits per heavy atom. The van der Waals surface area contributed by atoms with E-state index in [9.17, 15) is 0 Å². The first-order chi connectivity index (χ1) is 10.1. The molecule has 1 aromatic carbocycles. The topological polar surface area (TPSA) is 53.1 Å². The van der Waals surface area contributed by atoms with E-state index in [1.807, 2.05) is 23.7 Å². The predicted molar refractivity (Wildman–Crippen MR) is 85.4 cm³/mol. The summed E-state index contributed by atoms with van der Waals surface area (Å²) in [4.78, 5) is 0. The van der Waals surface area contributed by atoms with Crippen molar-refractivity contribution in [3.8, 4) is 5.75 Å². The standard InChI is InChI=1S/C17H25N3O/c1-4-15(18)11-14-6-8-17(9-7-14)21-12-16-10-13(3)19-20(16)5-2/h6-10,15H,4-5,11-12,18H2,1-3H3. The molecule has 0 radical (unpaired) electrons. The summed E-state index contributed by atoms with van der Waals surface area (Å²) in [5, 5.41) is 4.42. The highest BCUT2D eigenvalue weighted by molar-refractivity contribution is 5.28. The van der Waals surface area contributed by atoms with E-state index in [1.54, 1.807) is 0 Å². The van der Waals surface area contributed by atoms with Gasteiger partial charge < -0.3 is 10.5 Å². The molecule has 1 unspecified atom stereocenters. The zero-order valence-electron chi connectivity index (χ0n) is 13.2. The second kappa shape index (κ2) is 7.27. The molecule has 0 saturated carbocycles. The lowest BCUT2D eigenvalue weighted by Crippen LogP contribution is -2.21. The molecule has 0 fully saturated rings. The van der Waals surface area contributed by atoms with E-state index in [2.05, 4.69) is 37.1 Å². The van der Waals surface area contributed by atoms with Gasteiger partial charge >= 0.3 is 0 Å². The lowest BCUT2D eigenvalue weighted by molar-refractivity contribution is 0.292. The van der Waals surface area contributed by atoms with Crippen molar-refractivity contribution in [2.45, 2.75) is 52.8 Å². The number of aryl methyl sites for hydroxylation is 2. The summed E-state index contributed by atoms with van der Waals surface area (Å²) >= 11 is 0. The molecule has 2 rings (SSSR count). The highest BCUT2D eigenvalue weighted by Crippen LogP contribution is 2.16. The van der Waals surface area contributed by atoms with Crippen molar-refractivity contribution in [2.75, 3.05) is 0 Å². The summed E-state index contributed by atoms with van der Waals surface area (Å²) in [6, 6.07) is 10.5. The maximum Gasteiger partial charge on any atom is 0.130 e. The minimum absolute atomic E-state index is 0.235. The molecule has 1 atom stereocenters. The molecule has 4 nitrogen and oxygen atoms in total. The van der Waals surface area contributed by atoms with Gasteiger partial charge in [-0.25, -0.2) is 0 Å². The Bertz CT molecular complexity index is 560. The highest BCUT2D eigenvalue weighted by atomic mass is 16.5. The van der Waals surface area contributed by atoms with Crippen molar-refractivity contribution in [2.24, 2.45) is 5.73 Å². The number of nitrogens with two attached hydrogens (primary N) is 1. The molecular weight excluding hydrogens is 262 g/mol. The Balaban J connectivity index is 1.94. The van der Waals surface area contributed by atoms with E-state index in [0.29, 0.717) is 6.61 Å². The van der Waals surface area contributed by atoms with Crippen LogP contribution in [0.4, 0.5) is 0 Å². The highest BCUT2D eigenvalue weighted by Gasteiger charge is 2.05. The van der Waals surface area contributed by atoms with E-state index in [1.165, 1.54) is 5.56 Å². The number of hydrogen-bond donors (Lipinski definition) is 1. The molecule has 2 aromatic rings. The maximum atomic E-state index is 5.97. The molecule has 1 heterocycles. The zero-order chi connectivity index (χ0) is 15.2. The summed E-state index contributed by atoms with van der Waals surface area (Å²) in [5.74, 6) is 0.880. The van der Waals surface area contributed by atoms with Crippen molar-refractivity contribution in [1.29, 1.82) is 0 Å². The van der Waals surface area contributed by atoms with Gasteiger partial charge in [0, 0.05) is 12.6 Å². The SMILES string of the molecule is CCC(N)Cc1ccc(OCc2cc(C)nn2CC)cc1. The van der Waals surface area contributed by atoms with Crippen LogP contribution in [0.1, 0.15) is 37.2 Å². The van der Waals surface area contributed by atoms with Crippen molar-refractivity contribution in [1.82, 2.24) is 9.78 Å². The van der Waals surface area contributed by atoms with Gasteiger partial charge in [0.2, 0.25) is 0 Å². The third-order valence-corrected chi connectivity index (χ3v) is 3.62. The molecule has 114 valence electrons. The minimum atomic E-state index is 0.235. The lowest BCUT2D eigenvalue weighted by atomic mass is 10.0. The first-order valence-electron chi connectivity index (χ1n) is 7.63. The van der Waals surface area contributed by atoms with E-state index in [-0.39, 0.29) is 6.04 Å². The number of rotatable bonds is 7. The molecule has 0 saturated heterocycles. The van der Waals surface area contributed by atoms with Gasteiger partial charge in [-0.1, -0.05) is 19.1 Å². The van der Waals surface area contributed by atoms with E-state index in [4.69, 9.17) is 10.5 Å². The van der Waals surface area contributed by atoms with Gasteiger partial charge in [0.25, 0.3) is 0 Å². The molecule has 1 aromatic heterocycles. The summed E-state index contributed by atoms with van der Waals surface area (Å²) in [5.41, 5.74) is 9.36. The number of hydrogen-bond acceptors (Lipinski definition) is 3. The third kappa shape index (κ3) is 4.33. The van der Waals surface area contributed by atoms with Gasteiger partial charge in [-0.05, 0) is 50.5 Å². The van der Waals surface area contributed by atoms with Crippen molar-refractivity contribution in [3.05, 3.63) is 47.3 Å². The van der Waals surface area contributed by atoms with Gasteiger partial charge in [-0.2, -0.15) is 5.10 Å². The molecule has 21 heavy (non-hydrogen) atoms. The van der Waals surface area contributed by atoms with Crippen molar-refractivity contribution < 1.29 is 4.74 Å². The number of aromatic nitrogens is 2. The molecule has 0 bridgehead atoms. The van der Waals surface area contributed by atoms with Crippen LogP contribution in [0.2, 0.25) is 0 Å². The Labute approximate surface area is 126 Å². The van der Waals surface area contributed by atoms with Crippen molar-refractivity contribution >= 4 is 0 Å². The largest absolute Gasteiger partial charge is 0.487 e. The number of benzene rings is 1. The second-order valence-electron chi connectivity index (χ2n) is 5.40. The van der Waals surface area contributed by atoms with Crippen LogP contribution in [0, 0.1) is 6.92 Å². The molecule has 0 aliphatic heterocycles. The van der Waals surface area contributed by atoms with Gasteiger partial charge in [-0.15, -0.1) is 0 Å². The fraction of sp³-hybridized carbons (Fsp3) is 0.471. The quantitative estimate of drug-likeness (QED) is 0.851. The summed E-state index contributed by atoms with van der Waals surface area (Å²) in [6.45, 7) is 7.60. The van der Waals surface area contributed by atoms with Crippen LogP contribution in [-0.2, 0) is 19.6 Å². The minimum Gasteiger partial charge on any atom is -0.487 e. The van der Waals surface area contributed by atoms with Gasteiger partial charge in [-0.3, -0.25) is 4.68 Å². The van der Waals surface area contributed by atoms with Crippen LogP contribution in [0.5, 0.6) is 5.75 Å². The Morgan fingerprint density at radius 1 is 1.24 bits per heavy atom. The average Bonchev–Trinajstić information content (AvgIpc) is 2.86. The number of nitrogens with zero attached hydrogens (tertiary/aromatic N) is 2. The first-order valence-corrected chi connectivity index (χ1v) is 7.63. The second-order valence-corrected chi connectivity index (χ2v) is 5.40. The smallest absolute Gasteiger partial charge is 0.130 e. The van der Waals surface area contributed by atoms with Crippen LogP contribution in [0.3, 0.4) is 0 Å². The van der Waals surface area contributed by atoms with Gasteiger partial charge in [0.05, 0.1) is 11.4 Å². The van der Waals surface area contributed by atoms with Crippen LogP contribution in [-0.4, -0.2) is 15.8 Å². The Kier molecular flexibility index (Phi) is 5.39. The molecular formula is C17H25N3O. The molecule has 0 spiro atoms. The summed E-state index contributed by atoms with van der Waals surface area (Å²) in [7, 11) is 0. The monoisotopic (exact) mass is 287 g/mol. The first kappa shape index (κ1) is 15.6. The normalized spacial score (nSPS) is 12.4. The van der Waals surface area contributed by atoms with Crippen LogP contribution in [0.25, 0.3) is 0 Å². The molecule has 0 aliphatic carbocycles. The van der Waals surface area contributed by atoms with E-state index < -0.39 is 0 Å². The molecule has 2 N–H and O–H groups in total. The fourth-order valence-electron chi connectivity index (χ4n) is 2.32. The molecule has 4 heteroatoms. The maximum absolute atomic E-state index is 5.97. The summed E-state index contributed by atoms with van der Waals surface area (Å²) < 4.78 is 7.82. The van der Waals surface area contributed by atoms with Crippen LogP contribution in [0.15, 0.2) is 30.3 Å². The van der Waals surface area contributed by atoms with Gasteiger partial charge in [0.15, 0.2) is 0 Å². The predicted octanol–water partition coefficient (Wildman–Crippen LogP) is 3.07. The average molecular weight is 287 g/mol. The molecule has 0 amide bonds. The van der Waals surface area contributed by atoms with Crippen LogP contribution < -0.4 is 10.5 Å². The lowest BCUT2D eigenvalue weighted by Gasteiger charge is -2.10. The fourth-order valence-corrected chi connectivity index (χ4v) is 2.32. The van der Waals surface area contributed by atoms with Crippen LogP contribution >= 0.6 is 0 Å². The Hall–Kier alpha value is -1.81. The number of ether oxygens (including phenoxy) is 1. The Morgan fingerprint density at radius 3 is 2.57 bits per heavy atom. The van der Waals surface area contributed by atoms with Gasteiger partial charge in [0.1, 0.15) is 12.4 Å². The van der Waals surface area contributed by atoms with Crippen molar-refractivity contribution in [3.63, 3.8) is 0 Å².